The van der Waals surface area contributed by atoms with E-state index in [2.05, 4.69) is 41.4 Å². The van der Waals surface area contributed by atoms with Crippen molar-refractivity contribution in [2.24, 2.45) is 5.92 Å². The van der Waals surface area contributed by atoms with Gasteiger partial charge in [0.2, 0.25) is 0 Å². The Morgan fingerprint density at radius 3 is 2.89 bits per heavy atom. The topological polar surface area (TPSA) is 15.3 Å². The minimum atomic E-state index is 0.697. The van der Waals surface area contributed by atoms with Crippen molar-refractivity contribution in [1.29, 1.82) is 0 Å². The summed E-state index contributed by atoms with van der Waals surface area (Å²) in [7, 11) is 2.04. The first-order chi connectivity index (χ1) is 8.81. The Balaban J connectivity index is 2.13. The van der Waals surface area contributed by atoms with Crippen molar-refractivity contribution < 1.29 is 0 Å². The van der Waals surface area contributed by atoms with E-state index in [1.54, 1.807) is 0 Å². The van der Waals surface area contributed by atoms with Crippen LogP contribution in [-0.4, -0.2) is 26.7 Å². The third-order valence-electron chi connectivity index (χ3n) is 3.79. The Labute approximate surface area is 111 Å². The molecule has 1 atom stereocenters. The van der Waals surface area contributed by atoms with Crippen LogP contribution in [0.25, 0.3) is 0 Å². The van der Waals surface area contributed by atoms with Crippen LogP contribution in [0.15, 0.2) is 24.3 Å². The summed E-state index contributed by atoms with van der Waals surface area (Å²) in [5, 5.41) is 3.28. The second-order valence-corrected chi connectivity index (χ2v) is 5.55. The maximum atomic E-state index is 3.28. The molecule has 0 bridgehead atoms. The molecule has 1 aromatic rings. The SMILES string of the molecule is CNC[C@@H](C)CN1CCCCCc2ccccc21. The maximum absolute atomic E-state index is 3.28. The van der Waals surface area contributed by atoms with Crippen LogP contribution in [0.5, 0.6) is 0 Å². The molecule has 100 valence electrons. The summed E-state index contributed by atoms with van der Waals surface area (Å²) in [5.41, 5.74) is 3.01. The standard InChI is InChI=1S/C16H26N2/c1-14(12-17-2)13-18-11-7-3-4-8-15-9-5-6-10-16(15)18/h5-6,9-10,14,17H,3-4,7-8,11-13H2,1-2H3/t14-/m1/s1. The van der Waals surface area contributed by atoms with E-state index in [4.69, 9.17) is 0 Å². The van der Waals surface area contributed by atoms with Crippen molar-refractivity contribution in [3.8, 4) is 0 Å². The Kier molecular flexibility index (Phi) is 5.06. The summed E-state index contributed by atoms with van der Waals surface area (Å²) in [6, 6.07) is 8.95. The van der Waals surface area contributed by atoms with E-state index >= 15 is 0 Å². The van der Waals surface area contributed by atoms with E-state index in [0.717, 1.165) is 13.1 Å². The monoisotopic (exact) mass is 246 g/mol. The van der Waals surface area contributed by atoms with Crippen molar-refractivity contribution >= 4 is 5.69 Å². The predicted octanol–water partition coefficient (Wildman–Crippen LogP) is 3.07. The van der Waals surface area contributed by atoms with Crippen LogP contribution >= 0.6 is 0 Å². The second kappa shape index (κ2) is 6.79. The lowest BCUT2D eigenvalue weighted by Crippen LogP contribution is -2.34. The molecule has 2 heteroatoms. The van der Waals surface area contributed by atoms with Gasteiger partial charge in [-0.2, -0.15) is 0 Å². The number of nitrogens with one attached hydrogen (secondary N) is 1. The number of nitrogens with zero attached hydrogens (tertiary/aromatic N) is 1. The molecule has 0 saturated carbocycles. The molecule has 1 N–H and O–H groups in total. The molecular weight excluding hydrogens is 220 g/mol. The molecule has 1 aliphatic rings. The number of para-hydroxylation sites is 1. The van der Waals surface area contributed by atoms with Crippen molar-refractivity contribution in [3.63, 3.8) is 0 Å². The molecule has 1 aromatic carbocycles. The molecular formula is C16H26N2. The molecule has 0 aliphatic carbocycles. The van der Waals surface area contributed by atoms with E-state index in [1.807, 2.05) is 7.05 Å². The number of hydrogen-bond donors (Lipinski definition) is 1. The summed E-state index contributed by atoms with van der Waals surface area (Å²) < 4.78 is 0. The van der Waals surface area contributed by atoms with Gasteiger partial charge < -0.3 is 10.2 Å². The van der Waals surface area contributed by atoms with Crippen LogP contribution in [0, 0.1) is 5.92 Å². The van der Waals surface area contributed by atoms with Crippen LogP contribution in [0.4, 0.5) is 5.69 Å². The van der Waals surface area contributed by atoms with E-state index < -0.39 is 0 Å². The zero-order valence-electron chi connectivity index (χ0n) is 11.8. The molecule has 1 heterocycles. The molecule has 0 amide bonds. The Bertz CT molecular complexity index is 362. The van der Waals surface area contributed by atoms with Gasteiger partial charge >= 0.3 is 0 Å². The largest absolute Gasteiger partial charge is 0.371 e. The van der Waals surface area contributed by atoms with Gasteiger partial charge in [-0.05, 0) is 50.4 Å². The molecule has 0 radical (unpaired) electrons. The molecule has 18 heavy (non-hydrogen) atoms. The van der Waals surface area contributed by atoms with Crippen molar-refractivity contribution in [3.05, 3.63) is 29.8 Å². The molecule has 2 rings (SSSR count). The van der Waals surface area contributed by atoms with Gasteiger partial charge in [-0.25, -0.2) is 0 Å². The average molecular weight is 246 g/mol. The summed E-state index contributed by atoms with van der Waals surface area (Å²) >= 11 is 0. The van der Waals surface area contributed by atoms with Gasteiger partial charge in [0.15, 0.2) is 0 Å². The van der Waals surface area contributed by atoms with Crippen molar-refractivity contribution in [2.45, 2.75) is 32.6 Å². The van der Waals surface area contributed by atoms with Gasteiger partial charge in [-0.15, -0.1) is 0 Å². The Morgan fingerprint density at radius 2 is 2.06 bits per heavy atom. The highest BCUT2D eigenvalue weighted by molar-refractivity contribution is 5.54. The fourth-order valence-electron chi connectivity index (χ4n) is 2.92. The number of benzene rings is 1. The summed E-state index contributed by atoms with van der Waals surface area (Å²) in [6.07, 6.45) is 5.29. The first-order valence-corrected chi connectivity index (χ1v) is 7.28. The molecule has 0 spiro atoms. The third-order valence-corrected chi connectivity index (χ3v) is 3.79. The fourth-order valence-corrected chi connectivity index (χ4v) is 2.92. The molecule has 0 fully saturated rings. The molecule has 2 nitrogen and oxygen atoms in total. The molecule has 0 unspecified atom stereocenters. The normalized spacial score (nSPS) is 17.8. The number of aryl methyl sites for hydroxylation is 1. The highest BCUT2D eigenvalue weighted by atomic mass is 15.1. The number of rotatable bonds is 4. The van der Waals surface area contributed by atoms with E-state index in [1.165, 1.54) is 43.5 Å². The number of fused-ring (bicyclic) bond motifs is 1. The van der Waals surface area contributed by atoms with Crippen molar-refractivity contribution in [1.82, 2.24) is 5.32 Å². The molecule has 1 aliphatic heterocycles. The van der Waals surface area contributed by atoms with Crippen LogP contribution in [-0.2, 0) is 6.42 Å². The van der Waals surface area contributed by atoms with Gasteiger partial charge in [-0.1, -0.05) is 31.5 Å². The smallest absolute Gasteiger partial charge is 0.0398 e. The molecule has 0 saturated heterocycles. The second-order valence-electron chi connectivity index (χ2n) is 5.55. The first-order valence-electron chi connectivity index (χ1n) is 7.28. The van der Waals surface area contributed by atoms with Gasteiger partial charge in [0, 0.05) is 18.8 Å². The highest BCUT2D eigenvalue weighted by Crippen LogP contribution is 2.26. The van der Waals surface area contributed by atoms with Gasteiger partial charge in [0.1, 0.15) is 0 Å². The van der Waals surface area contributed by atoms with Crippen LogP contribution < -0.4 is 10.2 Å². The van der Waals surface area contributed by atoms with Crippen LogP contribution in [0.2, 0.25) is 0 Å². The van der Waals surface area contributed by atoms with Gasteiger partial charge in [0.25, 0.3) is 0 Å². The molecule has 0 aromatic heterocycles. The maximum Gasteiger partial charge on any atom is 0.0398 e. The zero-order chi connectivity index (χ0) is 12.8. The summed E-state index contributed by atoms with van der Waals surface area (Å²) in [5.74, 6) is 0.697. The highest BCUT2D eigenvalue weighted by Gasteiger charge is 2.15. The lowest BCUT2D eigenvalue weighted by Gasteiger charge is -2.31. The van der Waals surface area contributed by atoms with E-state index in [-0.39, 0.29) is 0 Å². The lowest BCUT2D eigenvalue weighted by molar-refractivity contribution is 0.515. The Hall–Kier alpha value is -1.02. The average Bonchev–Trinajstić information content (AvgIpc) is 2.35. The predicted molar refractivity (Wildman–Crippen MR) is 79.3 cm³/mol. The zero-order valence-corrected chi connectivity index (χ0v) is 11.8. The third kappa shape index (κ3) is 3.49. The Morgan fingerprint density at radius 1 is 1.22 bits per heavy atom. The van der Waals surface area contributed by atoms with Gasteiger partial charge in [0.05, 0.1) is 0 Å². The van der Waals surface area contributed by atoms with Crippen molar-refractivity contribution in [2.75, 3.05) is 31.6 Å². The van der Waals surface area contributed by atoms with E-state index in [0.29, 0.717) is 5.92 Å². The first kappa shape index (κ1) is 13.4. The minimum Gasteiger partial charge on any atom is -0.371 e. The van der Waals surface area contributed by atoms with Gasteiger partial charge in [-0.3, -0.25) is 0 Å². The summed E-state index contributed by atoms with van der Waals surface area (Å²) in [4.78, 5) is 2.59. The number of hydrogen-bond acceptors (Lipinski definition) is 2. The fraction of sp³-hybridized carbons (Fsp3) is 0.625. The number of anilines is 1. The summed E-state index contributed by atoms with van der Waals surface area (Å²) in [6.45, 7) is 5.81. The quantitative estimate of drug-likeness (QED) is 0.878. The van der Waals surface area contributed by atoms with E-state index in [9.17, 15) is 0 Å². The lowest BCUT2D eigenvalue weighted by atomic mass is 10.0. The van der Waals surface area contributed by atoms with Crippen LogP contribution in [0.1, 0.15) is 31.7 Å². The van der Waals surface area contributed by atoms with Crippen LogP contribution in [0.3, 0.4) is 0 Å². The minimum absolute atomic E-state index is 0.697.